The van der Waals surface area contributed by atoms with Crippen molar-refractivity contribution >= 4 is 5.78 Å². The van der Waals surface area contributed by atoms with Crippen molar-refractivity contribution in [1.29, 1.82) is 0 Å². The molecule has 3 heteroatoms. The summed E-state index contributed by atoms with van der Waals surface area (Å²) < 4.78 is 9.84. The second-order valence-electron chi connectivity index (χ2n) is 2.12. The molecule has 0 radical (unpaired) electrons. The zero-order valence-electron chi connectivity index (χ0n) is 6.03. The smallest absolute Gasteiger partial charge is 0.187 e. The Morgan fingerprint density at radius 2 is 2.10 bits per heavy atom. The molecule has 0 aromatic carbocycles. The van der Waals surface area contributed by atoms with E-state index in [-0.39, 0.29) is 11.9 Å². The van der Waals surface area contributed by atoms with Gasteiger partial charge in [0, 0.05) is 14.2 Å². The molecular weight excluding hydrogens is 132 g/mol. The summed E-state index contributed by atoms with van der Waals surface area (Å²) in [6, 6.07) is 0. The third kappa shape index (κ3) is 1.10. The van der Waals surface area contributed by atoms with E-state index in [2.05, 4.69) is 0 Å². The maximum atomic E-state index is 10.9. The van der Waals surface area contributed by atoms with Crippen LogP contribution in [-0.2, 0) is 14.3 Å². The maximum Gasteiger partial charge on any atom is 0.187 e. The summed E-state index contributed by atoms with van der Waals surface area (Å²) in [4.78, 5) is 10.9. The maximum absolute atomic E-state index is 10.9. The van der Waals surface area contributed by atoms with Crippen molar-refractivity contribution in [1.82, 2.24) is 0 Å². The van der Waals surface area contributed by atoms with Gasteiger partial charge in [-0.2, -0.15) is 0 Å². The fourth-order valence-corrected chi connectivity index (χ4v) is 1.000. The predicted molar refractivity (Wildman–Crippen MR) is 35.7 cm³/mol. The van der Waals surface area contributed by atoms with Gasteiger partial charge < -0.3 is 9.47 Å². The van der Waals surface area contributed by atoms with Crippen molar-refractivity contribution in [3.8, 4) is 0 Å². The molecule has 0 bridgehead atoms. The minimum Gasteiger partial charge on any atom is -0.374 e. The number of methoxy groups -OCH3 is 2. The summed E-state index contributed by atoms with van der Waals surface area (Å²) in [5.74, 6) is -0.0191. The molecule has 0 fully saturated rings. The first kappa shape index (κ1) is 7.44. The van der Waals surface area contributed by atoms with E-state index >= 15 is 0 Å². The van der Waals surface area contributed by atoms with Gasteiger partial charge in [0.25, 0.3) is 0 Å². The zero-order chi connectivity index (χ0) is 7.56. The van der Waals surface area contributed by atoms with Crippen LogP contribution in [0.5, 0.6) is 0 Å². The number of hydrogen-bond donors (Lipinski definition) is 0. The van der Waals surface area contributed by atoms with E-state index in [1.807, 2.05) is 0 Å². The largest absolute Gasteiger partial charge is 0.374 e. The Kier molecular flexibility index (Phi) is 2.19. The first-order chi connectivity index (χ1) is 4.79. The van der Waals surface area contributed by atoms with Crippen LogP contribution in [-0.4, -0.2) is 32.2 Å². The Morgan fingerprint density at radius 3 is 2.50 bits per heavy atom. The lowest BCUT2D eigenvalue weighted by molar-refractivity contribution is -0.127. The quantitative estimate of drug-likeness (QED) is 0.550. The molecule has 1 aliphatic carbocycles. The van der Waals surface area contributed by atoms with Gasteiger partial charge in [-0.25, -0.2) is 0 Å². The molecule has 1 rings (SSSR count). The second kappa shape index (κ2) is 2.94. The molecule has 10 heavy (non-hydrogen) atoms. The average molecular weight is 142 g/mol. The van der Waals surface area contributed by atoms with Gasteiger partial charge >= 0.3 is 0 Å². The van der Waals surface area contributed by atoms with E-state index in [9.17, 15) is 4.79 Å². The topological polar surface area (TPSA) is 35.5 Å². The van der Waals surface area contributed by atoms with Crippen LogP contribution in [0.25, 0.3) is 0 Å². The SMILES string of the molecule is COC1C=CC(=O)C1OC. The monoisotopic (exact) mass is 142 g/mol. The molecule has 0 aromatic rings. The van der Waals surface area contributed by atoms with E-state index < -0.39 is 6.10 Å². The van der Waals surface area contributed by atoms with E-state index in [0.717, 1.165) is 0 Å². The molecule has 1 aliphatic rings. The summed E-state index contributed by atoms with van der Waals surface area (Å²) in [6.45, 7) is 0. The molecule has 0 saturated heterocycles. The van der Waals surface area contributed by atoms with Crippen LogP contribution in [0.15, 0.2) is 12.2 Å². The van der Waals surface area contributed by atoms with Crippen LogP contribution in [0, 0.1) is 0 Å². The highest BCUT2D eigenvalue weighted by Crippen LogP contribution is 2.12. The summed E-state index contributed by atoms with van der Waals surface area (Å²) in [5, 5.41) is 0. The van der Waals surface area contributed by atoms with Crippen molar-refractivity contribution in [2.45, 2.75) is 12.2 Å². The van der Waals surface area contributed by atoms with Crippen molar-refractivity contribution in [2.75, 3.05) is 14.2 Å². The molecule has 0 spiro atoms. The molecule has 0 N–H and O–H groups in total. The normalized spacial score (nSPS) is 31.6. The van der Waals surface area contributed by atoms with Crippen LogP contribution in [0.4, 0.5) is 0 Å². The fourth-order valence-electron chi connectivity index (χ4n) is 1.000. The first-order valence-electron chi connectivity index (χ1n) is 3.07. The lowest BCUT2D eigenvalue weighted by atomic mass is 10.2. The van der Waals surface area contributed by atoms with Crippen LogP contribution in [0.3, 0.4) is 0 Å². The number of hydrogen-bond acceptors (Lipinski definition) is 3. The zero-order valence-corrected chi connectivity index (χ0v) is 6.03. The van der Waals surface area contributed by atoms with Crippen molar-refractivity contribution in [3.63, 3.8) is 0 Å². The third-order valence-corrected chi connectivity index (χ3v) is 1.56. The molecule has 2 unspecified atom stereocenters. The Morgan fingerprint density at radius 1 is 1.40 bits per heavy atom. The Balaban J connectivity index is 2.62. The van der Waals surface area contributed by atoms with E-state index in [0.29, 0.717) is 0 Å². The number of ether oxygens (including phenoxy) is 2. The van der Waals surface area contributed by atoms with E-state index in [1.165, 1.54) is 13.2 Å². The number of ketones is 1. The Hall–Kier alpha value is -0.670. The average Bonchev–Trinajstić information content (AvgIpc) is 2.30. The van der Waals surface area contributed by atoms with Gasteiger partial charge in [-0.05, 0) is 12.2 Å². The van der Waals surface area contributed by atoms with E-state index in [1.54, 1.807) is 13.2 Å². The van der Waals surface area contributed by atoms with Gasteiger partial charge in [-0.15, -0.1) is 0 Å². The molecule has 2 atom stereocenters. The molecule has 0 amide bonds. The van der Waals surface area contributed by atoms with Gasteiger partial charge in [0.05, 0.1) is 0 Å². The lowest BCUT2D eigenvalue weighted by Crippen LogP contribution is -2.29. The molecule has 0 saturated carbocycles. The summed E-state index contributed by atoms with van der Waals surface area (Å²) in [5.41, 5.74) is 0. The fraction of sp³-hybridized carbons (Fsp3) is 0.571. The number of carbonyl (C=O) groups excluding carboxylic acids is 1. The Bertz CT molecular complexity index is 162. The van der Waals surface area contributed by atoms with Crippen LogP contribution in [0.2, 0.25) is 0 Å². The summed E-state index contributed by atoms with van der Waals surface area (Å²) in [7, 11) is 3.06. The Labute approximate surface area is 59.6 Å². The molecule has 0 heterocycles. The standard InChI is InChI=1S/C7H10O3/c1-9-6-4-3-5(8)7(6)10-2/h3-4,6-7H,1-2H3. The van der Waals surface area contributed by atoms with Gasteiger partial charge in [0.2, 0.25) is 0 Å². The summed E-state index contributed by atoms with van der Waals surface area (Å²) in [6.07, 6.45) is 2.57. The molecule has 0 aromatic heterocycles. The predicted octanol–water partition coefficient (Wildman–Crippen LogP) is 0.155. The van der Waals surface area contributed by atoms with Gasteiger partial charge in [0.15, 0.2) is 5.78 Å². The highest BCUT2D eigenvalue weighted by atomic mass is 16.5. The first-order valence-corrected chi connectivity index (χ1v) is 3.07. The van der Waals surface area contributed by atoms with Crippen molar-refractivity contribution in [2.24, 2.45) is 0 Å². The van der Waals surface area contributed by atoms with Crippen LogP contribution >= 0.6 is 0 Å². The lowest BCUT2D eigenvalue weighted by Gasteiger charge is -2.13. The van der Waals surface area contributed by atoms with Gasteiger partial charge in [0.1, 0.15) is 12.2 Å². The second-order valence-corrected chi connectivity index (χ2v) is 2.12. The molecule has 3 nitrogen and oxygen atoms in total. The van der Waals surface area contributed by atoms with Crippen molar-refractivity contribution in [3.05, 3.63) is 12.2 Å². The highest BCUT2D eigenvalue weighted by Gasteiger charge is 2.29. The van der Waals surface area contributed by atoms with Gasteiger partial charge in [-0.1, -0.05) is 0 Å². The third-order valence-electron chi connectivity index (χ3n) is 1.56. The van der Waals surface area contributed by atoms with Crippen LogP contribution in [0.1, 0.15) is 0 Å². The van der Waals surface area contributed by atoms with E-state index in [4.69, 9.17) is 9.47 Å². The minimum atomic E-state index is -0.426. The van der Waals surface area contributed by atoms with Crippen LogP contribution < -0.4 is 0 Å². The minimum absolute atomic E-state index is 0.0191. The number of rotatable bonds is 2. The molecular formula is C7H10O3. The summed E-state index contributed by atoms with van der Waals surface area (Å²) >= 11 is 0. The molecule has 56 valence electrons. The molecule has 0 aliphatic heterocycles. The number of carbonyl (C=O) groups is 1. The van der Waals surface area contributed by atoms with Crippen molar-refractivity contribution < 1.29 is 14.3 Å². The van der Waals surface area contributed by atoms with Gasteiger partial charge in [-0.3, -0.25) is 4.79 Å². The highest BCUT2D eigenvalue weighted by molar-refractivity contribution is 5.96.